The molecule has 0 heterocycles. The fraction of sp³-hybridized carbons (Fsp3) is 0.0714. The molecule has 0 amide bonds. The molecule has 0 fully saturated rings. The van der Waals surface area contributed by atoms with E-state index < -0.39 is 28.8 Å². The summed E-state index contributed by atoms with van der Waals surface area (Å²) in [5, 5.41) is 0. The molecule has 0 unspecified atom stereocenters. The molecule has 0 aliphatic rings. The third-order valence-corrected chi connectivity index (χ3v) is 4.06. The van der Waals surface area contributed by atoms with Gasteiger partial charge in [0.2, 0.25) is 0 Å². The number of rotatable bonds is 4. The van der Waals surface area contributed by atoms with Crippen LogP contribution in [-0.2, 0) is 0 Å². The lowest BCUT2D eigenvalue weighted by Gasteiger charge is -2.04. The van der Waals surface area contributed by atoms with Crippen molar-refractivity contribution in [2.75, 3.05) is 5.75 Å². The van der Waals surface area contributed by atoms with Gasteiger partial charge in [-0.1, -0.05) is 15.9 Å². The van der Waals surface area contributed by atoms with Gasteiger partial charge in [0.15, 0.2) is 23.2 Å². The van der Waals surface area contributed by atoms with Gasteiger partial charge >= 0.3 is 0 Å². The summed E-state index contributed by atoms with van der Waals surface area (Å²) in [7, 11) is 0. The number of ketones is 1. The molecule has 0 N–H and O–H groups in total. The van der Waals surface area contributed by atoms with Gasteiger partial charge in [0, 0.05) is 9.37 Å². The lowest BCUT2D eigenvalue weighted by molar-refractivity contribution is 0.101. The zero-order chi connectivity index (χ0) is 14.7. The average molecular weight is 361 g/mol. The molecule has 6 heteroatoms. The SMILES string of the molecule is O=C(CSc1ccc(Br)cc1)c1ccc(F)c(F)c1F. The molecule has 1 nitrogen and oxygen atoms in total. The molecule has 0 radical (unpaired) electrons. The Balaban J connectivity index is 2.09. The molecule has 0 aliphatic carbocycles. The van der Waals surface area contributed by atoms with Crippen molar-refractivity contribution in [3.8, 4) is 0 Å². The van der Waals surface area contributed by atoms with E-state index in [0.29, 0.717) is 0 Å². The second-order valence-corrected chi connectivity index (χ2v) is 5.85. The molecular weight excluding hydrogens is 353 g/mol. The highest BCUT2D eigenvalue weighted by Crippen LogP contribution is 2.23. The highest BCUT2D eigenvalue weighted by Gasteiger charge is 2.18. The van der Waals surface area contributed by atoms with Crippen LogP contribution in [0.25, 0.3) is 0 Å². The molecule has 2 aromatic carbocycles. The van der Waals surface area contributed by atoms with E-state index in [2.05, 4.69) is 15.9 Å². The van der Waals surface area contributed by atoms with E-state index in [9.17, 15) is 18.0 Å². The van der Waals surface area contributed by atoms with Crippen LogP contribution in [0.5, 0.6) is 0 Å². The van der Waals surface area contributed by atoms with Gasteiger partial charge in [0.1, 0.15) is 0 Å². The van der Waals surface area contributed by atoms with Gasteiger partial charge in [-0.2, -0.15) is 0 Å². The lowest BCUT2D eigenvalue weighted by Crippen LogP contribution is -2.08. The molecule has 0 saturated carbocycles. The van der Waals surface area contributed by atoms with Crippen LogP contribution in [0.15, 0.2) is 45.8 Å². The number of benzene rings is 2. The van der Waals surface area contributed by atoms with Crippen molar-refractivity contribution in [2.45, 2.75) is 4.90 Å². The van der Waals surface area contributed by atoms with E-state index in [-0.39, 0.29) is 5.75 Å². The molecule has 2 rings (SSSR count). The van der Waals surface area contributed by atoms with Crippen LogP contribution in [0, 0.1) is 17.5 Å². The standard InChI is InChI=1S/C14H8BrF3OS/c15-8-1-3-9(4-2-8)20-7-12(19)10-5-6-11(16)14(18)13(10)17/h1-6H,7H2. The van der Waals surface area contributed by atoms with Gasteiger partial charge in [-0.25, -0.2) is 13.2 Å². The second kappa shape index (κ2) is 6.45. The number of hydrogen-bond donors (Lipinski definition) is 0. The molecule has 104 valence electrons. The van der Waals surface area contributed by atoms with Gasteiger partial charge in [-0.05, 0) is 36.4 Å². The van der Waals surface area contributed by atoms with Gasteiger partial charge < -0.3 is 0 Å². The first-order valence-electron chi connectivity index (χ1n) is 5.54. The van der Waals surface area contributed by atoms with E-state index in [1.165, 1.54) is 11.8 Å². The number of hydrogen-bond acceptors (Lipinski definition) is 2. The quantitative estimate of drug-likeness (QED) is 0.440. The fourth-order valence-electron chi connectivity index (χ4n) is 1.50. The first-order valence-corrected chi connectivity index (χ1v) is 7.32. The second-order valence-electron chi connectivity index (χ2n) is 3.89. The summed E-state index contributed by atoms with van der Waals surface area (Å²) in [5.41, 5.74) is -0.437. The summed E-state index contributed by atoms with van der Waals surface area (Å²) in [6.07, 6.45) is 0. The maximum atomic E-state index is 13.4. The minimum absolute atomic E-state index is 0.0520. The fourth-order valence-corrected chi connectivity index (χ4v) is 2.54. The average Bonchev–Trinajstić information content (AvgIpc) is 2.44. The molecule has 0 spiro atoms. The third kappa shape index (κ3) is 3.43. The molecule has 20 heavy (non-hydrogen) atoms. The van der Waals surface area contributed by atoms with Crippen molar-refractivity contribution < 1.29 is 18.0 Å². The highest BCUT2D eigenvalue weighted by atomic mass is 79.9. The number of halogens is 4. The maximum absolute atomic E-state index is 13.4. The molecule has 0 bridgehead atoms. The van der Waals surface area contributed by atoms with Gasteiger partial charge in [0.05, 0.1) is 11.3 Å². The van der Waals surface area contributed by atoms with Gasteiger partial charge in [-0.15, -0.1) is 11.8 Å². The van der Waals surface area contributed by atoms with E-state index in [1.54, 1.807) is 12.1 Å². The molecule has 0 atom stereocenters. The van der Waals surface area contributed by atoms with Crippen molar-refractivity contribution in [1.82, 2.24) is 0 Å². The normalized spacial score (nSPS) is 10.6. The van der Waals surface area contributed by atoms with Crippen molar-refractivity contribution in [2.24, 2.45) is 0 Å². The predicted molar refractivity (Wildman–Crippen MR) is 75.5 cm³/mol. The van der Waals surface area contributed by atoms with Gasteiger partial charge in [0.25, 0.3) is 0 Å². The highest BCUT2D eigenvalue weighted by molar-refractivity contribution is 9.10. The Kier molecular flexibility index (Phi) is 4.88. The number of carbonyl (C=O) groups excluding carboxylic acids is 1. The Morgan fingerprint density at radius 3 is 2.30 bits per heavy atom. The lowest BCUT2D eigenvalue weighted by atomic mass is 10.1. The minimum Gasteiger partial charge on any atom is -0.293 e. The number of thioether (sulfide) groups is 1. The van der Waals surface area contributed by atoms with Gasteiger partial charge in [-0.3, -0.25) is 4.79 Å². The van der Waals surface area contributed by atoms with Crippen molar-refractivity contribution in [1.29, 1.82) is 0 Å². The van der Waals surface area contributed by atoms with E-state index in [0.717, 1.165) is 21.5 Å². The van der Waals surface area contributed by atoms with Crippen LogP contribution >= 0.6 is 27.7 Å². The zero-order valence-corrected chi connectivity index (χ0v) is 12.4. The predicted octanol–water partition coefficient (Wildman–Crippen LogP) is 4.84. The van der Waals surface area contributed by atoms with Crippen LogP contribution in [0.4, 0.5) is 13.2 Å². The Bertz CT molecular complexity index is 644. The minimum atomic E-state index is -1.62. The topological polar surface area (TPSA) is 17.1 Å². The van der Waals surface area contributed by atoms with Crippen molar-refractivity contribution in [3.05, 3.63) is 63.9 Å². The van der Waals surface area contributed by atoms with E-state index >= 15 is 0 Å². The third-order valence-electron chi connectivity index (χ3n) is 2.52. The first kappa shape index (κ1) is 15.1. The Hall–Kier alpha value is -1.27. The summed E-state index contributed by atoms with van der Waals surface area (Å²) in [6.45, 7) is 0. The van der Waals surface area contributed by atoms with Crippen LogP contribution in [0.1, 0.15) is 10.4 Å². The Morgan fingerprint density at radius 1 is 1.00 bits per heavy atom. The molecule has 0 saturated heterocycles. The van der Waals surface area contributed by atoms with Crippen LogP contribution in [0.2, 0.25) is 0 Å². The van der Waals surface area contributed by atoms with Crippen LogP contribution in [-0.4, -0.2) is 11.5 Å². The summed E-state index contributed by atoms with van der Waals surface area (Å²) >= 11 is 4.48. The number of Topliss-reactive ketones (excluding diaryl/α,β-unsaturated/α-hetero) is 1. The Morgan fingerprint density at radius 2 is 1.65 bits per heavy atom. The van der Waals surface area contributed by atoms with Crippen LogP contribution < -0.4 is 0 Å². The monoisotopic (exact) mass is 360 g/mol. The van der Waals surface area contributed by atoms with Crippen molar-refractivity contribution >= 4 is 33.5 Å². The summed E-state index contributed by atoms with van der Waals surface area (Å²) < 4.78 is 40.2. The van der Waals surface area contributed by atoms with Crippen LogP contribution in [0.3, 0.4) is 0 Å². The Labute approximate surface area is 126 Å². The van der Waals surface area contributed by atoms with Crippen molar-refractivity contribution in [3.63, 3.8) is 0 Å². The molecular formula is C14H8BrF3OS. The van der Waals surface area contributed by atoms with E-state index in [1.807, 2.05) is 12.1 Å². The molecule has 2 aromatic rings. The smallest absolute Gasteiger partial charge is 0.195 e. The first-order chi connectivity index (χ1) is 9.49. The summed E-state index contributed by atoms with van der Waals surface area (Å²) in [5.74, 6) is -5.01. The zero-order valence-electron chi connectivity index (χ0n) is 10.00. The maximum Gasteiger partial charge on any atom is 0.195 e. The number of carbonyl (C=O) groups is 1. The molecule has 0 aliphatic heterocycles. The summed E-state index contributed by atoms with van der Waals surface area (Å²) in [6, 6.07) is 8.91. The summed E-state index contributed by atoms with van der Waals surface area (Å²) in [4.78, 5) is 12.6. The molecule has 0 aromatic heterocycles. The van der Waals surface area contributed by atoms with E-state index in [4.69, 9.17) is 0 Å². The largest absolute Gasteiger partial charge is 0.293 e.